The SMILES string of the molecule is CCc1ccc(C(=O)c2ccc(-c3ccccc3)cc2)s1. The van der Waals surface area contributed by atoms with Crippen molar-refractivity contribution in [2.45, 2.75) is 13.3 Å². The molecular weight excluding hydrogens is 276 g/mol. The van der Waals surface area contributed by atoms with Crippen LogP contribution in [-0.4, -0.2) is 5.78 Å². The van der Waals surface area contributed by atoms with Crippen molar-refractivity contribution >= 4 is 17.1 Å². The molecule has 0 unspecified atom stereocenters. The van der Waals surface area contributed by atoms with Crippen LogP contribution in [0, 0.1) is 0 Å². The first-order valence-electron chi connectivity index (χ1n) is 7.07. The minimum atomic E-state index is 0.110. The lowest BCUT2D eigenvalue weighted by Gasteiger charge is -2.03. The maximum absolute atomic E-state index is 12.4. The van der Waals surface area contributed by atoms with Crippen LogP contribution in [0.1, 0.15) is 27.0 Å². The van der Waals surface area contributed by atoms with Gasteiger partial charge >= 0.3 is 0 Å². The van der Waals surface area contributed by atoms with E-state index >= 15 is 0 Å². The van der Waals surface area contributed by atoms with E-state index in [1.165, 1.54) is 10.4 Å². The van der Waals surface area contributed by atoms with Gasteiger partial charge in [0.25, 0.3) is 0 Å². The fourth-order valence-electron chi connectivity index (χ4n) is 2.28. The van der Waals surface area contributed by atoms with Crippen molar-refractivity contribution in [2.24, 2.45) is 0 Å². The zero-order valence-electron chi connectivity index (χ0n) is 11.9. The van der Waals surface area contributed by atoms with Crippen molar-refractivity contribution in [1.29, 1.82) is 0 Å². The van der Waals surface area contributed by atoms with Crippen LogP contribution in [-0.2, 0) is 6.42 Å². The Kier molecular flexibility index (Phi) is 3.98. The summed E-state index contributed by atoms with van der Waals surface area (Å²) in [5.41, 5.74) is 3.05. The monoisotopic (exact) mass is 292 g/mol. The van der Waals surface area contributed by atoms with E-state index in [1.807, 2.05) is 54.6 Å². The Morgan fingerprint density at radius 2 is 1.52 bits per heavy atom. The molecule has 0 atom stereocenters. The first-order valence-corrected chi connectivity index (χ1v) is 7.88. The normalized spacial score (nSPS) is 10.5. The van der Waals surface area contributed by atoms with Gasteiger partial charge in [-0.05, 0) is 29.7 Å². The second-order valence-electron chi connectivity index (χ2n) is 4.89. The zero-order valence-corrected chi connectivity index (χ0v) is 12.7. The topological polar surface area (TPSA) is 17.1 Å². The number of hydrogen-bond acceptors (Lipinski definition) is 2. The Labute approximate surface area is 128 Å². The lowest BCUT2D eigenvalue weighted by Crippen LogP contribution is -1.97. The Morgan fingerprint density at radius 3 is 2.14 bits per heavy atom. The molecule has 0 radical (unpaired) electrons. The molecule has 0 saturated heterocycles. The summed E-state index contributed by atoms with van der Waals surface area (Å²) in [6, 6.07) is 22.0. The molecule has 0 saturated carbocycles. The molecule has 0 aliphatic rings. The molecule has 0 spiro atoms. The van der Waals surface area contributed by atoms with Crippen LogP contribution in [0.4, 0.5) is 0 Å². The number of thiophene rings is 1. The van der Waals surface area contributed by atoms with Crippen LogP contribution in [0.25, 0.3) is 11.1 Å². The summed E-state index contributed by atoms with van der Waals surface area (Å²) in [7, 11) is 0. The summed E-state index contributed by atoms with van der Waals surface area (Å²) >= 11 is 1.59. The smallest absolute Gasteiger partial charge is 0.202 e. The van der Waals surface area contributed by atoms with Crippen LogP contribution in [0.5, 0.6) is 0 Å². The van der Waals surface area contributed by atoms with Crippen molar-refractivity contribution < 1.29 is 4.79 Å². The Hall–Kier alpha value is -2.19. The molecule has 0 N–H and O–H groups in total. The van der Waals surface area contributed by atoms with Gasteiger partial charge in [-0.2, -0.15) is 0 Å². The summed E-state index contributed by atoms with van der Waals surface area (Å²) in [5.74, 6) is 0.110. The molecule has 3 rings (SSSR count). The predicted octanol–water partition coefficient (Wildman–Crippen LogP) is 5.21. The van der Waals surface area contributed by atoms with E-state index in [4.69, 9.17) is 0 Å². The quantitative estimate of drug-likeness (QED) is 0.603. The standard InChI is InChI=1S/C19H16OS/c1-2-17-12-13-18(21-17)19(20)16-10-8-15(9-11-16)14-6-4-3-5-7-14/h3-13H,2H2,1H3. The van der Waals surface area contributed by atoms with Gasteiger partial charge in [0.15, 0.2) is 0 Å². The average molecular weight is 292 g/mol. The minimum Gasteiger partial charge on any atom is -0.288 e. The van der Waals surface area contributed by atoms with Gasteiger partial charge in [0.1, 0.15) is 0 Å². The molecule has 1 heterocycles. The van der Waals surface area contributed by atoms with Crippen LogP contribution < -0.4 is 0 Å². The Bertz CT molecular complexity index is 739. The molecule has 0 fully saturated rings. The van der Waals surface area contributed by atoms with Crippen molar-refractivity contribution in [3.05, 3.63) is 82.0 Å². The molecule has 0 aliphatic heterocycles. The molecule has 0 aliphatic carbocycles. The van der Waals surface area contributed by atoms with Crippen LogP contribution in [0.2, 0.25) is 0 Å². The molecule has 3 aromatic rings. The highest BCUT2D eigenvalue weighted by Gasteiger charge is 2.11. The predicted molar refractivity (Wildman–Crippen MR) is 89.0 cm³/mol. The summed E-state index contributed by atoms with van der Waals surface area (Å²) in [6.07, 6.45) is 0.977. The van der Waals surface area contributed by atoms with Crippen molar-refractivity contribution in [3.63, 3.8) is 0 Å². The van der Waals surface area contributed by atoms with E-state index < -0.39 is 0 Å². The van der Waals surface area contributed by atoms with E-state index in [2.05, 4.69) is 19.1 Å². The number of hydrogen-bond donors (Lipinski definition) is 0. The highest BCUT2D eigenvalue weighted by atomic mass is 32.1. The zero-order chi connectivity index (χ0) is 14.7. The van der Waals surface area contributed by atoms with E-state index in [1.54, 1.807) is 11.3 Å². The molecular formula is C19H16OS. The first-order chi connectivity index (χ1) is 10.3. The fourth-order valence-corrected chi connectivity index (χ4v) is 3.19. The largest absolute Gasteiger partial charge is 0.288 e. The molecule has 1 nitrogen and oxygen atoms in total. The second kappa shape index (κ2) is 6.06. The van der Waals surface area contributed by atoms with Gasteiger partial charge in [-0.25, -0.2) is 0 Å². The summed E-state index contributed by atoms with van der Waals surface area (Å²) in [6.45, 7) is 2.11. The van der Waals surface area contributed by atoms with Crippen LogP contribution >= 0.6 is 11.3 Å². The Balaban J connectivity index is 1.85. The highest BCUT2D eigenvalue weighted by molar-refractivity contribution is 7.14. The van der Waals surface area contributed by atoms with Crippen molar-refractivity contribution in [2.75, 3.05) is 0 Å². The van der Waals surface area contributed by atoms with Crippen molar-refractivity contribution in [3.8, 4) is 11.1 Å². The van der Waals surface area contributed by atoms with E-state index in [0.29, 0.717) is 0 Å². The third-order valence-electron chi connectivity index (χ3n) is 3.49. The van der Waals surface area contributed by atoms with Gasteiger partial charge in [-0.15, -0.1) is 11.3 Å². The summed E-state index contributed by atoms with van der Waals surface area (Å²) in [4.78, 5) is 14.5. The third kappa shape index (κ3) is 2.96. The van der Waals surface area contributed by atoms with Gasteiger partial charge in [0, 0.05) is 10.4 Å². The number of rotatable bonds is 4. The minimum absolute atomic E-state index is 0.110. The fraction of sp³-hybridized carbons (Fsp3) is 0.105. The lowest BCUT2D eigenvalue weighted by atomic mass is 10.0. The number of aryl methyl sites for hydroxylation is 1. The number of benzene rings is 2. The molecule has 104 valence electrons. The Morgan fingerprint density at radius 1 is 0.857 bits per heavy atom. The molecule has 1 aromatic heterocycles. The summed E-state index contributed by atoms with van der Waals surface area (Å²) in [5, 5.41) is 0. The summed E-state index contributed by atoms with van der Waals surface area (Å²) < 4.78 is 0. The average Bonchev–Trinajstić information content (AvgIpc) is 3.04. The number of carbonyl (C=O) groups excluding carboxylic acids is 1. The van der Waals surface area contributed by atoms with Gasteiger partial charge < -0.3 is 0 Å². The molecule has 2 heteroatoms. The van der Waals surface area contributed by atoms with Gasteiger partial charge in [-0.3, -0.25) is 4.79 Å². The first kappa shape index (κ1) is 13.8. The van der Waals surface area contributed by atoms with Gasteiger partial charge in [0.2, 0.25) is 5.78 Å². The second-order valence-corrected chi connectivity index (χ2v) is 6.06. The molecule has 21 heavy (non-hydrogen) atoms. The lowest BCUT2D eigenvalue weighted by molar-refractivity contribution is 0.104. The third-order valence-corrected chi connectivity index (χ3v) is 4.72. The van der Waals surface area contributed by atoms with Crippen LogP contribution in [0.3, 0.4) is 0 Å². The van der Waals surface area contributed by atoms with Gasteiger partial charge in [-0.1, -0.05) is 61.5 Å². The molecule has 2 aromatic carbocycles. The number of ketones is 1. The number of carbonyl (C=O) groups is 1. The van der Waals surface area contributed by atoms with E-state index in [-0.39, 0.29) is 5.78 Å². The maximum atomic E-state index is 12.4. The highest BCUT2D eigenvalue weighted by Crippen LogP contribution is 2.23. The van der Waals surface area contributed by atoms with Crippen LogP contribution in [0.15, 0.2) is 66.7 Å². The van der Waals surface area contributed by atoms with Crippen molar-refractivity contribution in [1.82, 2.24) is 0 Å². The maximum Gasteiger partial charge on any atom is 0.202 e. The molecule has 0 amide bonds. The van der Waals surface area contributed by atoms with E-state index in [0.717, 1.165) is 22.4 Å². The molecule has 0 bridgehead atoms. The van der Waals surface area contributed by atoms with Gasteiger partial charge in [0.05, 0.1) is 4.88 Å². The van der Waals surface area contributed by atoms with E-state index in [9.17, 15) is 4.79 Å².